The molecule has 0 fully saturated rings. The quantitative estimate of drug-likeness (QED) is 0.758. The predicted molar refractivity (Wildman–Crippen MR) is 99.0 cm³/mol. The van der Waals surface area contributed by atoms with Gasteiger partial charge < -0.3 is 14.6 Å². The van der Waals surface area contributed by atoms with Crippen LogP contribution in [0.5, 0.6) is 0 Å². The zero-order chi connectivity index (χ0) is 17.4. The van der Waals surface area contributed by atoms with E-state index >= 15 is 0 Å². The highest BCUT2D eigenvalue weighted by molar-refractivity contribution is 7.15. The maximum atomic E-state index is 12.4. The van der Waals surface area contributed by atoms with Gasteiger partial charge in [-0.25, -0.2) is 9.97 Å². The van der Waals surface area contributed by atoms with Crippen molar-refractivity contribution >= 4 is 33.7 Å². The smallest absolute Gasteiger partial charge is 0.236 e. The van der Waals surface area contributed by atoms with Crippen molar-refractivity contribution in [3.05, 3.63) is 39.5 Å². The minimum atomic E-state index is -0.117. The highest BCUT2D eigenvalue weighted by Gasteiger charge is 2.20. The molecule has 0 aromatic carbocycles. The number of thiophene rings is 1. The lowest BCUT2D eigenvalue weighted by Gasteiger charge is -2.20. The van der Waals surface area contributed by atoms with Gasteiger partial charge in [0.05, 0.1) is 22.7 Å². The molecular formula is C17H18N4O2S2. The summed E-state index contributed by atoms with van der Waals surface area (Å²) in [7, 11) is 2.10. The van der Waals surface area contributed by atoms with Crippen LogP contribution in [0.2, 0.25) is 0 Å². The third-order valence-corrected chi connectivity index (χ3v) is 5.98. The Labute approximate surface area is 153 Å². The predicted octanol–water partition coefficient (Wildman–Crippen LogP) is 3.34. The Bertz CT molecular complexity index is 898. The minimum absolute atomic E-state index is 0.117. The van der Waals surface area contributed by atoms with E-state index in [1.54, 1.807) is 22.7 Å². The second-order valence-electron chi connectivity index (χ2n) is 6.10. The summed E-state index contributed by atoms with van der Waals surface area (Å²) in [4.78, 5) is 25.9. The first-order valence-corrected chi connectivity index (χ1v) is 9.75. The summed E-state index contributed by atoms with van der Waals surface area (Å²) in [6, 6.07) is 3.91. The van der Waals surface area contributed by atoms with E-state index in [0.717, 1.165) is 30.1 Å². The molecule has 1 N–H and O–H groups in total. The lowest BCUT2D eigenvalue weighted by molar-refractivity contribution is -0.115. The van der Waals surface area contributed by atoms with Crippen LogP contribution in [0.3, 0.4) is 0 Å². The molecule has 25 heavy (non-hydrogen) atoms. The molecule has 1 amide bonds. The largest absolute Gasteiger partial charge is 0.440 e. The highest BCUT2D eigenvalue weighted by Crippen LogP contribution is 2.28. The van der Waals surface area contributed by atoms with Gasteiger partial charge in [-0.1, -0.05) is 6.07 Å². The van der Waals surface area contributed by atoms with E-state index in [1.807, 2.05) is 24.4 Å². The summed E-state index contributed by atoms with van der Waals surface area (Å²) in [5.41, 5.74) is 1.78. The number of hydrogen-bond donors (Lipinski definition) is 1. The van der Waals surface area contributed by atoms with E-state index in [1.165, 1.54) is 4.88 Å². The molecule has 6 nitrogen and oxygen atoms in total. The molecule has 0 unspecified atom stereocenters. The number of carbonyl (C=O) groups excluding carboxylic acids is 1. The van der Waals surface area contributed by atoms with Gasteiger partial charge in [-0.2, -0.15) is 0 Å². The molecule has 8 heteroatoms. The van der Waals surface area contributed by atoms with Crippen molar-refractivity contribution in [2.45, 2.75) is 26.3 Å². The number of fused-ring (bicyclic) bond motifs is 1. The van der Waals surface area contributed by atoms with Crippen molar-refractivity contribution in [1.82, 2.24) is 14.9 Å². The van der Waals surface area contributed by atoms with E-state index in [2.05, 4.69) is 27.2 Å². The standard InChI is InChI=1S/C17H18N4O2S2/c1-10-12(18-16(23-10)13-4-3-7-24-13)8-15(22)20-17-19-11-5-6-21(2)9-14(11)25-17/h3-4,7H,5-6,8-9H2,1-2H3,(H,19,20,22). The van der Waals surface area contributed by atoms with Crippen molar-refractivity contribution < 1.29 is 9.21 Å². The summed E-state index contributed by atoms with van der Waals surface area (Å²) in [6.45, 7) is 3.74. The van der Waals surface area contributed by atoms with E-state index in [-0.39, 0.29) is 12.3 Å². The van der Waals surface area contributed by atoms with Gasteiger partial charge in [-0.3, -0.25) is 4.79 Å². The maximum Gasteiger partial charge on any atom is 0.236 e. The highest BCUT2D eigenvalue weighted by atomic mass is 32.1. The van der Waals surface area contributed by atoms with Crippen molar-refractivity contribution in [2.24, 2.45) is 0 Å². The number of aryl methyl sites for hydroxylation is 1. The molecule has 1 aliphatic rings. The van der Waals surface area contributed by atoms with E-state index < -0.39 is 0 Å². The van der Waals surface area contributed by atoms with Crippen molar-refractivity contribution in [2.75, 3.05) is 18.9 Å². The first-order chi connectivity index (χ1) is 12.1. The van der Waals surface area contributed by atoms with E-state index in [9.17, 15) is 4.79 Å². The van der Waals surface area contributed by atoms with Crippen LogP contribution in [0.15, 0.2) is 21.9 Å². The Morgan fingerprint density at radius 3 is 3.12 bits per heavy atom. The number of nitrogens with one attached hydrogen (secondary N) is 1. The zero-order valence-electron chi connectivity index (χ0n) is 14.0. The van der Waals surface area contributed by atoms with Gasteiger partial charge in [0.1, 0.15) is 5.76 Å². The summed E-state index contributed by atoms with van der Waals surface area (Å²) >= 11 is 3.12. The third-order valence-electron chi connectivity index (χ3n) is 4.12. The molecule has 0 radical (unpaired) electrons. The van der Waals surface area contributed by atoms with Crippen LogP contribution in [-0.2, 0) is 24.2 Å². The maximum absolute atomic E-state index is 12.4. The average molecular weight is 374 g/mol. The summed E-state index contributed by atoms with van der Waals surface area (Å²) in [5.74, 6) is 1.13. The van der Waals surface area contributed by atoms with Crippen LogP contribution >= 0.6 is 22.7 Å². The lowest BCUT2D eigenvalue weighted by atomic mass is 10.2. The SMILES string of the molecule is Cc1oc(-c2cccs2)nc1CC(=O)Nc1nc2c(s1)CN(C)CC2. The molecule has 4 heterocycles. The fourth-order valence-corrected chi connectivity index (χ4v) is 4.54. The van der Waals surface area contributed by atoms with Gasteiger partial charge >= 0.3 is 0 Å². The normalized spacial score (nSPS) is 14.5. The number of carbonyl (C=O) groups is 1. The number of rotatable bonds is 4. The van der Waals surface area contributed by atoms with Crippen molar-refractivity contribution in [3.63, 3.8) is 0 Å². The average Bonchev–Trinajstić information content (AvgIpc) is 3.27. The molecule has 0 saturated carbocycles. The first kappa shape index (κ1) is 16.4. The monoisotopic (exact) mass is 374 g/mol. The number of amides is 1. The van der Waals surface area contributed by atoms with Gasteiger partial charge in [0.15, 0.2) is 5.13 Å². The number of aromatic nitrogens is 2. The van der Waals surface area contributed by atoms with Crippen LogP contribution in [0.25, 0.3) is 10.8 Å². The van der Waals surface area contributed by atoms with Gasteiger partial charge in [0.2, 0.25) is 11.8 Å². The van der Waals surface area contributed by atoms with Gasteiger partial charge in [0, 0.05) is 24.4 Å². The van der Waals surface area contributed by atoms with Crippen LogP contribution in [0, 0.1) is 6.92 Å². The van der Waals surface area contributed by atoms with E-state index in [0.29, 0.717) is 22.5 Å². The van der Waals surface area contributed by atoms with E-state index in [4.69, 9.17) is 4.42 Å². The summed E-state index contributed by atoms with van der Waals surface area (Å²) < 4.78 is 5.69. The van der Waals surface area contributed by atoms with Crippen LogP contribution in [0.4, 0.5) is 5.13 Å². The fraction of sp³-hybridized carbons (Fsp3) is 0.353. The molecule has 3 aromatic heterocycles. The Kier molecular flexibility index (Phi) is 4.41. The summed E-state index contributed by atoms with van der Waals surface area (Å²) in [6.07, 6.45) is 1.12. The molecule has 1 aliphatic heterocycles. The fourth-order valence-electron chi connectivity index (χ4n) is 2.79. The number of hydrogen-bond acceptors (Lipinski definition) is 7. The number of likely N-dealkylation sites (N-methyl/N-ethyl adjacent to an activating group) is 1. The van der Waals surface area contributed by atoms with Crippen molar-refractivity contribution in [3.8, 4) is 10.8 Å². The third kappa shape index (κ3) is 3.51. The van der Waals surface area contributed by atoms with Crippen LogP contribution < -0.4 is 5.32 Å². The van der Waals surface area contributed by atoms with Crippen LogP contribution in [0.1, 0.15) is 22.0 Å². The molecule has 0 saturated heterocycles. The molecule has 0 bridgehead atoms. The molecule has 0 atom stereocenters. The second-order valence-corrected chi connectivity index (χ2v) is 8.13. The molecule has 4 rings (SSSR count). The Morgan fingerprint density at radius 1 is 1.44 bits per heavy atom. The molecule has 3 aromatic rings. The topological polar surface area (TPSA) is 71.3 Å². The van der Waals surface area contributed by atoms with Gasteiger partial charge in [-0.15, -0.1) is 22.7 Å². The van der Waals surface area contributed by atoms with Crippen molar-refractivity contribution in [1.29, 1.82) is 0 Å². The van der Waals surface area contributed by atoms with Gasteiger partial charge in [-0.05, 0) is 25.4 Å². The lowest BCUT2D eigenvalue weighted by Crippen LogP contribution is -2.25. The second kappa shape index (κ2) is 6.70. The minimum Gasteiger partial charge on any atom is -0.440 e. The number of nitrogens with zero attached hydrogens (tertiary/aromatic N) is 3. The Hall–Kier alpha value is -2.03. The molecule has 130 valence electrons. The Balaban J connectivity index is 1.44. The number of oxazole rings is 1. The van der Waals surface area contributed by atoms with Gasteiger partial charge in [0.25, 0.3) is 0 Å². The van der Waals surface area contributed by atoms with Crippen LogP contribution in [-0.4, -0.2) is 34.4 Å². The number of anilines is 1. The molecular weight excluding hydrogens is 356 g/mol. The molecule has 0 spiro atoms. The summed E-state index contributed by atoms with van der Waals surface area (Å²) in [5, 5.41) is 5.55. The Morgan fingerprint density at radius 2 is 2.32 bits per heavy atom. The molecule has 0 aliphatic carbocycles. The number of thiazole rings is 1. The first-order valence-electron chi connectivity index (χ1n) is 8.05. The zero-order valence-corrected chi connectivity index (χ0v) is 15.7.